The number of rotatable bonds is 5. The number of pyridine rings is 1. The van der Waals surface area contributed by atoms with E-state index in [4.69, 9.17) is 0 Å². The van der Waals surface area contributed by atoms with Crippen molar-refractivity contribution < 1.29 is 4.79 Å². The van der Waals surface area contributed by atoms with Crippen molar-refractivity contribution in [3.63, 3.8) is 0 Å². The van der Waals surface area contributed by atoms with Gasteiger partial charge >= 0.3 is 0 Å². The van der Waals surface area contributed by atoms with Crippen LogP contribution in [0.1, 0.15) is 16.8 Å². The van der Waals surface area contributed by atoms with Crippen LogP contribution in [0, 0.1) is 0 Å². The number of benzene rings is 3. The highest BCUT2D eigenvalue weighted by Gasteiger charge is 2.10. The summed E-state index contributed by atoms with van der Waals surface area (Å²) in [5.41, 5.74) is 5.91. The Morgan fingerprint density at radius 2 is 1.57 bits per heavy atom. The highest BCUT2D eigenvalue weighted by Crippen LogP contribution is 2.19. The summed E-state index contributed by atoms with van der Waals surface area (Å²) in [6.45, 7) is 0. The lowest BCUT2D eigenvalue weighted by Crippen LogP contribution is -2.22. The van der Waals surface area contributed by atoms with Crippen LogP contribution < -0.4 is 5.43 Å². The minimum Gasteiger partial charge on any atom is -0.273 e. The lowest BCUT2D eigenvalue weighted by atomic mass is 10.0. The van der Waals surface area contributed by atoms with E-state index in [1.165, 1.54) is 0 Å². The molecule has 0 saturated carbocycles. The third-order valence-electron chi connectivity index (χ3n) is 4.48. The van der Waals surface area contributed by atoms with Crippen LogP contribution in [0.25, 0.3) is 10.8 Å². The van der Waals surface area contributed by atoms with E-state index in [0.29, 0.717) is 11.4 Å². The van der Waals surface area contributed by atoms with Crippen LogP contribution in [0.3, 0.4) is 0 Å². The Kier molecular flexibility index (Phi) is 5.20. The number of carbonyl (C=O) groups is 1. The molecule has 0 aliphatic heterocycles. The molecule has 28 heavy (non-hydrogen) atoms. The summed E-state index contributed by atoms with van der Waals surface area (Å²) >= 11 is 0. The fourth-order valence-corrected chi connectivity index (χ4v) is 3.15. The number of hydrogen-bond acceptors (Lipinski definition) is 3. The molecule has 0 aliphatic rings. The molecule has 4 heteroatoms. The average Bonchev–Trinajstić information content (AvgIpc) is 2.76. The van der Waals surface area contributed by atoms with E-state index in [1.54, 1.807) is 6.20 Å². The number of nitrogens with one attached hydrogen (secondary N) is 1. The van der Waals surface area contributed by atoms with E-state index < -0.39 is 0 Å². The summed E-state index contributed by atoms with van der Waals surface area (Å²) in [6.07, 6.45) is 1.97. The number of nitrogens with zero attached hydrogens (tertiary/aromatic N) is 2. The molecule has 0 saturated heterocycles. The molecule has 1 aromatic heterocycles. The van der Waals surface area contributed by atoms with E-state index in [0.717, 1.165) is 21.9 Å². The van der Waals surface area contributed by atoms with E-state index in [-0.39, 0.29) is 12.3 Å². The van der Waals surface area contributed by atoms with E-state index in [1.807, 2.05) is 91.0 Å². The summed E-state index contributed by atoms with van der Waals surface area (Å²) in [7, 11) is 0. The van der Waals surface area contributed by atoms with E-state index >= 15 is 0 Å². The van der Waals surface area contributed by atoms with Gasteiger partial charge in [-0.1, -0.05) is 78.9 Å². The van der Waals surface area contributed by atoms with Gasteiger partial charge in [0.2, 0.25) is 5.91 Å². The summed E-state index contributed by atoms with van der Waals surface area (Å²) in [4.78, 5) is 17.0. The fourth-order valence-electron chi connectivity index (χ4n) is 3.15. The molecule has 0 atom stereocenters. The first-order chi connectivity index (χ1) is 13.8. The smallest absolute Gasteiger partial charge is 0.244 e. The maximum absolute atomic E-state index is 12.6. The first-order valence-electron chi connectivity index (χ1n) is 9.11. The number of hydrogen-bond donors (Lipinski definition) is 1. The average molecular weight is 365 g/mol. The number of fused-ring (bicyclic) bond motifs is 1. The molecule has 136 valence electrons. The van der Waals surface area contributed by atoms with Crippen LogP contribution >= 0.6 is 0 Å². The Labute approximate surface area is 163 Å². The first-order valence-corrected chi connectivity index (χ1v) is 9.11. The van der Waals surface area contributed by atoms with E-state index in [2.05, 4.69) is 15.5 Å². The molecule has 4 rings (SSSR count). The molecule has 0 fully saturated rings. The van der Waals surface area contributed by atoms with Crippen LogP contribution in [-0.2, 0) is 11.2 Å². The summed E-state index contributed by atoms with van der Waals surface area (Å²) in [6, 6.07) is 29.4. The zero-order valence-corrected chi connectivity index (χ0v) is 15.2. The number of amides is 1. The van der Waals surface area contributed by atoms with Gasteiger partial charge in [-0.05, 0) is 28.5 Å². The lowest BCUT2D eigenvalue weighted by molar-refractivity contribution is -0.120. The Morgan fingerprint density at radius 1 is 0.821 bits per heavy atom. The standard InChI is InChI=1S/C24H19N3O/c28-23(17-20-13-8-12-18-9-4-5-14-21(18)20)26-27-24(19-10-2-1-3-11-19)22-15-6-7-16-25-22/h1-16H,17H2,(H,26,28)/b27-24+. The Hall–Kier alpha value is -3.79. The Morgan fingerprint density at radius 3 is 2.39 bits per heavy atom. The van der Waals surface area contributed by atoms with Crippen molar-refractivity contribution in [1.29, 1.82) is 0 Å². The van der Waals surface area contributed by atoms with E-state index in [9.17, 15) is 4.79 Å². The molecule has 0 aliphatic carbocycles. The molecule has 3 aromatic carbocycles. The SMILES string of the molecule is O=C(Cc1cccc2ccccc12)N/N=C(\c1ccccc1)c1ccccn1. The third-order valence-corrected chi connectivity index (χ3v) is 4.48. The second kappa shape index (κ2) is 8.27. The van der Waals surface area contributed by atoms with Gasteiger partial charge in [-0.25, -0.2) is 5.43 Å². The molecule has 1 heterocycles. The number of hydrazone groups is 1. The minimum absolute atomic E-state index is 0.166. The maximum Gasteiger partial charge on any atom is 0.244 e. The molecule has 0 bridgehead atoms. The second-order valence-corrected chi connectivity index (χ2v) is 6.39. The van der Waals surface area contributed by atoms with Crippen LogP contribution in [0.5, 0.6) is 0 Å². The molecule has 1 N–H and O–H groups in total. The van der Waals surface area contributed by atoms with Crippen molar-refractivity contribution in [2.45, 2.75) is 6.42 Å². The van der Waals surface area contributed by atoms with Crippen molar-refractivity contribution in [1.82, 2.24) is 10.4 Å². The molecule has 0 radical (unpaired) electrons. The molecule has 0 unspecified atom stereocenters. The molecule has 1 amide bonds. The van der Waals surface area contributed by atoms with Gasteiger partial charge in [0.25, 0.3) is 0 Å². The zero-order chi connectivity index (χ0) is 19.2. The normalized spacial score (nSPS) is 11.4. The topological polar surface area (TPSA) is 54.4 Å². The van der Waals surface area contributed by atoms with Crippen LogP contribution in [-0.4, -0.2) is 16.6 Å². The van der Waals surface area contributed by atoms with Gasteiger partial charge in [-0.2, -0.15) is 5.10 Å². The molecular weight excluding hydrogens is 346 g/mol. The quantitative estimate of drug-likeness (QED) is 0.422. The van der Waals surface area contributed by atoms with Crippen molar-refractivity contribution in [2.24, 2.45) is 5.10 Å². The molecule has 0 spiro atoms. The monoisotopic (exact) mass is 365 g/mol. The summed E-state index contributed by atoms with van der Waals surface area (Å²) < 4.78 is 0. The largest absolute Gasteiger partial charge is 0.273 e. The highest BCUT2D eigenvalue weighted by atomic mass is 16.2. The lowest BCUT2D eigenvalue weighted by Gasteiger charge is -2.08. The van der Waals surface area contributed by atoms with Gasteiger partial charge < -0.3 is 0 Å². The van der Waals surface area contributed by atoms with Gasteiger partial charge in [0.05, 0.1) is 12.1 Å². The zero-order valence-electron chi connectivity index (χ0n) is 15.2. The van der Waals surface area contributed by atoms with Crippen molar-refractivity contribution in [3.8, 4) is 0 Å². The predicted octanol–water partition coefficient (Wildman–Crippen LogP) is 4.35. The maximum atomic E-state index is 12.6. The van der Waals surface area contributed by atoms with Gasteiger partial charge in [-0.3, -0.25) is 9.78 Å². The summed E-state index contributed by atoms with van der Waals surface area (Å²) in [5.74, 6) is -0.166. The van der Waals surface area contributed by atoms with Crippen LogP contribution in [0.2, 0.25) is 0 Å². The van der Waals surface area contributed by atoms with Gasteiger partial charge in [0, 0.05) is 11.8 Å². The number of aromatic nitrogens is 1. The predicted molar refractivity (Wildman–Crippen MR) is 112 cm³/mol. The first kappa shape index (κ1) is 17.6. The van der Waals surface area contributed by atoms with Crippen molar-refractivity contribution in [3.05, 3.63) is 114 Å². The Bertz CT molecular complexity index is 1080. The highest BCUT2D eigenvalue weighted by molar-refractivity contribution is 6.11. The van der Waals surface area contributed by atoms with Crippen molar-refractivity contribution in [2.75, 3.05) is 0 Å². The summed E-state index contributed by atoms with van der Waals surface area (Å²) in [5, 5.41) is 6.60. The van der Waals surface area contributed by atoms with Gasteiger partial charge in [0.1, 0.15) is 5.71 Å². The van der Waals surface area contributed by atoms with Gasteiger partial charge in [0.15, 0.2) is 0 Å². The van der Waals surface area contributed by atoms with Gasteiger partial charge in [-0.15, -0.1) is 0 Å². The van der Waals surface area contributed by atoms with Crippen molar-refractivity contribution >= 4 is 22.4 Å². The molecule has 4 nitrogen and oxygen atoms in total. The number of carbonyl (C=O) groups excluding carboxylic acids is 1. The van der Waals surface area contributed by atoms with Crippen LogP contribution in [0.4, 0.5) is 0 Å². The molecular formula is C24H19N3O. The van der Waals surface area contributed by atoms with Crippen LogP contribution in [0.15, 0.2) is 102 Å². The minimum atomic E-state index is -0.166. The second-order valence-electron chi connectivity index (χ2n) is 6.39. The Balaban J connectivity index is 1.59. The third kappa shape index (κ3) is 3.96. The molecule has 4 aromatic rings. The fraction of sp³-hybridized carbons (Fsp3) is 0.0417.